The van der Waals surface area contributed by atoms with Gasteiger partial charge in [0.1, 0.15) is 5.82 Å². The van der Waals surface area contributed by atoms with Gasteiger partial charge in [-0.15, -0.1) is 0 Å². The second-order valence-corrected chi connectivity index (χ2v) is 5.60. The van der Waals surface area contributed by atoms with E-state index in [1.54, 1.807) is 18.2 Å². The van der Waals surface area contributed by atoms with E-state index in [9.17, 15) is 9.18 Å². The van der Waals surface area contributed by atoms with E-state index in [-0.39, 0.29) is 5.02 Å². The lowest BCUT2D eigenvalue weighted by molar-refractivity contribution is -0.141. The molecule has 3 nitrogen and oxygen atoms in total. The van der Waals surface area contributed by atoms with E-state index in [0.29, 0.717) is 11.3 Å². The molecule has 0 aliphatic rings. The largest absolute Gasteiger partial charge is 0.467 e. The summed E-state index contributed by atoms with van der Waals surface area (Å²) in [5.41, 5.74) is 1.15. The monoisotopic (exact) mass is 371 g/mol. The molecule has 6 heteroatoms. The van der Waals surface area contributed by atoms with Crippen LogP contribution in [0, 0.1) is 5.82 Å². The van der Waals surface area contributed by atoms with E-state index >= 15 is 0 Å². The highest BCUT2D eigenvalue weighted by Gasteiger charge is 2.22. The first-order valence-corrected chi connectivity index (χ1v) is 7.23. The minimum absolute atomic E-state index is 0.00556. The van der Waals surface area contributed by atoms with Gasteiger partial charge in [-0.25, -0.2) is 9.18 Å². The molecule has 0 amide bonds. The molecule has 1 unspecified atom stereocenters. The van der Waals surface area contributed by atoms with Gasteiger partial charge in [-0.1, -0.05) is 33.6 Å². The van der Waals surface area contributed by atoms with Crippen LogP contribution in [0.4, 0.5) is 10.1 Å². The molecule has 0 spiro atoms. The lowest BCUT2D eigenvalue weighted by Crippen LogP contribution is -2.22. The molecule has 110 valence electrons. The molecular weight excluding hydrogens is 361 g/mol. The first kappa shape index (κ1) is 15.8. The van der Waals surface area contributed by atoms with Crippen LogP contribution < -0.4 is 5.32 Å². The van der Waals surface area contributed by atoms with Crippen molar-refractivity contribution in [3.63, 3.8) is 0 Å². The molecule has 0 aliphatic heterocycles. The van der Waals surface area contributed by atoms with Crippen molar-refractivity contribution < 1.29 is 13.9 Å². The summed E-state index contributed by atoms with van der Waals surface area (Å²) in [5.74, 6) is -1.10. The van der Waals surface area contributed by atoms with Crippen molar-refractivity contribution in [2.45, 2.75) is 6.04 Å². The fourth-order valence-corrected chi connectivity index (χ4v) is 2.18. The van der Waals surface area contributed by atoms with Crippen molar-refractivity contribution in [2.24, 2.45) is 0 Å². The van der Waals surface area contributed by atoms with Gasteiger partial charge in [0.25, 0.3) is 0 Å². The SMILES string of the molecule is COC(=O)C(Nc1ccc(Br)cc1)c1ccc(Cl)c(F)c1. The molecule has 0 aliphatic carbocycles. The molecule has 0 fully saturated rings. The highest BCUT2D eigenvalue weighted by molar-refractivity contribution is 9.10. The number of carbonyl (C=O) groups excluding carboxylic acids is 1. The number of anilines is 1. The summed E-state index contributed by atoms with van der Waals surface area (Å²) in [5, 5.41) is 3.02. The number of rotatable bonds is 4. The van der Waals surface area contributed by atoms with Crippen LogP contribution in [0.3, 0.4) is 0 Å². The van der Waals surface area contributed by atoms with Crippen LogP contribution in [-0.2, 0) is 9.53 Å². The van der Waals surface area contributed by atoms with Gasteiger partial charge in [-0.2, -0.15) is 0 Å². The number of esters is 1. The van der Waals surface area contributed by atoms with Crippen molar-refractivity contribution in [2.75, 3.05) is 12.4 Å². The molecule has 0 saturated heterocycles. The number of hydrogen-bond donors (Lipinski definition) is 1. The van der Waals surface area contributed by atoms with Gasteiger partial charge in [0.15, 0.2) is 6.04 Å². The summed E-state index contributed by atoms with van der Waals surface area (Å²) in [6.07, 6.45) is 0. The van der Waals surface area contributed by atoms with Gasteiger partial charge in [0.05, 0.1) is 12.1 Å². The number of nitrogens with one attached hydrogen (secondary N) is 1. The van der Waals surface area contributed by atoms with Crippen LogP contribution >= 0.6 is 27.5 Å². The molecule has 21 heavy (non-hydrogen) atoms. The summed E-state index contributed by atoms with van der Waals surface area (Å²) >= 11 is 8.99. The maximum absolute atomic E-state index is 13.6. The van der Waals surface area contributed by atoms with E-state index in [4.69, 9.17) is 16.3 Å². The standard InChI is InChI=1S/C15H12BrClFNO2/c1-21-15(20)14(9-2-7-12(17)13(18)8-9)19-11-5-3-10(16)4-6-11/h2-8,14,19H,1H3. The number of halogens is 3. The second kappa shape index (κ2) is 6.91. The molecule has 0 bridgehead atoms. The maximum Gasteiger partial charge on any atom is 0.332 e. The van der Waals surface area contributed by atoms with E-state index < -0.39 is 17.8 Å². The number of benzene rings is 2. The molecule has 2 aromatic rings. The van der Waals surface area contributed by atoms with E-state index in [0.717, 1.165) is 4.47 Å². The van der Waals surface area contributed by atoms with Crippen molar-refractivity contribution in [3.8, 4) is 0 Å². The van der Waals surface area contributed by atoms with Gasteiger partial charge < -0.3 is 10.1 Å². The van der Waals surface area contributed by atoms with Crippen LogP contribution in [0.5, 0.6) is 0 Å². The van der Waals surface area contributed by atoms with E-state index in [1.165, 1.54) is 19.2 Å². The lowest BCUT2D eigenvalue weighted by Gasteiger charge is -2.18. The number of ether oxygens (including phenoxy) is 1. The second-order valence-electron chi connectivity index (χ2n) is 4.28. The minimum Gasteiger partial charge on any atom is -0.467 e. The predicted molar refractivity (Wildman–Crippen MR) is 83.9 cm³/mol. The number of methoxy groups -OCH3 is 1. The van der Waals surface area contributed by atoms with Gasteiger partial charge in [-0.3, -0.25) is 0 Å². The summed E-state index contributed by atoms with van der Waals surface area (Å²) in [6.45, 7) is 0. The molecule has 0 saturated carbocycles. The zero-order valence-corrected chi connectivity index (χ0v) is 13.4. The van der Waals surface area contributed by atoms with E-state index in [1.807, 2.05) is 12.1 Å². The molecule has 0 heterocycles. The molecule has 2 rings (SSSR count). The van der Waals surface area contributed by atoms with Crippen LogP contribution in [0.25, 0.3) is 0 Å². The average Bonchev–Trinajstić information content (AvgIpc) is 2.49. The Labute approximate surface area is 135 Å². The molecule has 2 aromatic carbocycles. The summed E-state index contributed by atoms with van der Waals surface area (Å²) in [7, 11) is 1.28. The third kappa shape index (κ3) is 3.95. The Balaban J connectivity index is 2.31. The Hall–Kier alpha value is -1.59. The summed E-state index contributed by atoms with van der Waals surface area (Å²) in [4.78, 5) is 11.9. The Morgan fingerprint density at radius 3 is 2.52 bits per heavy atom. The third-order valence-electron chi connectivity index (χ3n) is 2.87. The highest BCUT2D eigenvalue weighted by atomic mass is 79.9. The van der Waals surface area contributed by atoms with Crippen LogP contribution in [0.15, 0.2) is 46.9 Å². The quantitative estimate of drug-likeness (QED) is 0.799. The highest BCUT2D eigenvalue weighted by Crippen LogP contribution is 2.25. The van der Waals surface area contributed by atoms with Gasteiger partial charge in [-0.05, 0) is 42.0 Å². The topological polar surface area (TPSA) is 38.3 Å². The Morgan fingerprint density at radius 1 is 1.29 bits per heavy atom. The molecular formula is C15H12BrClFNO2. The normalized spacial score (nSPS) is 11.8. The molecule has 1 atom stereocenters. The maximum atomic E-state index is 13.6. The molecule has 1 N–H and O–H groups in total. The molecule has 0 aromatic heterocycles. The van der Waals surface area contributed by atoms with Crippen LogP contribution in [-0.4, -0.2) is 13.1 Å². The average molecular weight is 373 g/mol. The minimum atomic E-state index is -0.817. The zero-order chi connectivity index (χ0) is 15.4. The fourth-order valence-electron chi connectivity index (χ4n) is 1.80. The number of carbonyl (C=O) groups is 1. The first-order chi connectivity index (χ1) is 10.0. The molecule has 0 radical (unpaired) electrons. The van der Waals surface area contributed by atoms with Gasteiger partial charge in [0, 0.05) is 10.2 Å². The van der Waals surface area contributed by atoms with Crippen LogP contribution in [0.2, 0.25) is 5.02 Å². The van der Waals surface area contributed by atoms with E-state index in [2.05, 4.69) is 21.2 Å². The van der Waals surface area contributed by atoms with Gasteiger partial charge >= 0.3 is 5.97 Å². The first-order valence-electron chi connectivity index (χ1n) is 6.06. The lowest BCUT2D eigenvalue weighted by atomic mass is 10.1. The summed E-state index contributed by atoms with van der Waals surface area (Å²) < 4.78 is 19.3. The van der Waals surface area contributed by atoms with Crippen molar-refractivity contribution in [1.82, 2.24) is 0 Å². The van der Waals surface area contributed by atoms with Crippen molar-refractivity contribution >= 4 is 39.2 Å². The van der Waals surface area contributed by atoms with Crippen LogP contribution in [0.1, 0.15) is 11.6 Å². The van der Waals surface area contributed by atoms with Crippen molar-refractivity contribution in [1.29, 1.82) is 0 Å². The zero-order valence-electron chi connectivity index (χ0n) is 11.1. The third-order valence-corrected chi connectivity index (χ3v) is 3.70. The fraction of sp³-hybridized carbons (Fsp3) is 0.133. The Bertz CT molecular complexity index is 649. The Kier molecular flexibility index (Phi) is 5.20. The summed E-state index contributed by atoms with van der Waals surface area (Å²) in [6, 6.07) is 10.7. The van der Waals surface area contributed by atoms with Gasteiger partial charge in [0.2, 0.25) is 0 Å². The Morgan fingerprint density at radius 2 is 1.95 bits per heavy atom. The smallest absolute Gasteiger partial charge is 0.332 e. The predicted octanol–water partition coefficient (Wildman–Crippen LogP) is 4.57. The van der Waals surface area contributed by atoms with Crippen molar-refractivity contribution in [3.05, 3.63) is 63.3 Å². The number of hydrogen-bond acceptors (Lipinski definition) is 3.